The lowest BCUT2D eigenvalue weighted by Gasteiger charge is -2.27. The number of hydrogen-bond donors (Lipinski definition) is 2. The van der Waals surface area contributed by atoms with Crippen LogP contribution in [0.1, 0.15) is 19.8 Å². The molecule has 136 valence electrons. The molecule has 25 heavy (non-hydrogen) atoms. The average Bonchev–Trinajstić information content (AvgIpc) is 3.11. The summed E-state index contributed by atoms with van der Waals surface area (Å²) in [5.74, 6) is 0. The molecule has 2 aromatic heterocycles. The number of nitrogens with one attached hydrogen (secondary N) is 2. The van der Waals surface area contributed by atoms with Crippen molar-refractivity contribution in [2.24, 2.45) is 7.05 Å². The second-order valence-electron chi connectivity index (χ2n) is 6.12. The molecular weight excluding hydrogens is 346 g/mol. The molecule has 9 nitrogen and oxygen atoms in total. The second-order valence-corrected chi connectivity index (χ2v) is 8.01. The lowest BCUT2D eigenvalue weighted by molar-refractivity contribution is 0.335. The molecule has 1 aliphatic rings. The van der Waals surface area contributed by atoms with Gasteiger partial charge in [-0.15, -0.1) is 0 Å². The van der Waals surface area contributed by atoms with E-state index < -0.39 is 21.3 Å². The number of aryl methyl sites for hydroxylation is 1. The molecule has 1 atom stereocenters. The van der Waals surface area contributed by atoms with Crippen molar-refractivity contribution >= 4 is 21.1 Å². The van der Waals surface area contributed by atoms with E-state index in [1.165, 1.54) is 28.2 Å². The molecule has 1 unspecified atom stereocenters. The van der Waals surface area contributed by atoms with Gasteiger partial charge in [0.2, 0.25) is 10.0 Å². The second kappa shape index (κ2) is 6.70. The molecule has 2 aromatic rings. The van der Waals surface area contributed by atoms with Crippen LogP contribution in [0.25, 0.3) is 11.0 Å². The first-order valence-corrected chi connectivity index (χ1v) is 9.62. The molecule has 3 rings (SSSR count). The summed E-state index contributed by atoms with van der Waals surface area (Å²) in [5.41, 5.74) is -1.09. The maximum Gasteiger partial charge on any atom is 0.329 e. The van der Waals surface area contributed by atoms with Gasteiger partial charge in [-0.25, -0.2) is 18.2 Å². The quantitative estimate of drug-likeness (QED) is 0.728. The summed E-state index contributed by atoms with van der Waals surface area (Å²) in [6, 6.07) is 1.18. The van der Waals surface area contributed by atoms with Crippen molar-refractivity contribution in [1.29, 1.82) is 0 Å². The van der Waals surface area contributed by atoms with Crippen LogP contribution >= 0.6 is 0 Å². The number of aromatic nitrogens is 3. The van der Waals surface area contributed by atoms with Gasteiger partial charge in [0.25, 0.3) is 5.56 Å². The van der Waals surface area contributed by atoms with Gasteiger partial charge in [-0.3, -0.25) is 14.3 Å². The zero-order valence-corrected chi connectivity index (χ0v) is 15.0. The third-order valence-electron chi connectivity index (χ3n) is 4.42. The van der Waals surface area contributed by atoms with Gasteiger partial charge in [-0.05, 0) is 25.5 Å². The van der Waals surface area contributed by atoms with Crippen LogP contribution < -0.4 is 16.6 Å². The number of pyridine rings is 1. The lowest BCUT2D eigenvalue weighted by atomic mass is 10.2. The fourth-order valence-corrected chi connectivity index (χ4v) is 4.82. The molecule has 0 saturated carbocycles. The van der Waals surface area contributed by atoms with Crippen LogP contribution in [0, 0.1) is 0 Å². The van der Waals surface area contributed by atoms with Gasteiger partial charge in [0.1, 0.15) is 10.5 Å². The summed E-state index contributed by atoms with van der Waals surface area (Å²) in [5, 5.41) is 3.25. The molecule has 2 N–H and O–H groups in total. The molecule has 0 radical (unpaired) electrons. The Hall–Kier alpha value is -2.04. The minimum absolute atomic E-state index is 0.0375. The van der Waals surface area contributed by atoms with E-state index in [-0.39, 0.29) is 22.0 Å². The van der Waals surface area contributed by atoms with Gasteiger partial charge in [0.05, 0.1) is 5.39 Å². The topological polar surface area (TPSA) is 117 Å². The van der Waals surface area contributed by atoms with Crippen LogP contribution in [0.15, 0.2) is 26.7 Å². The molecule has 0 bridgehead atoms. The third kappa shape index (κ3) is 3.12. The number of nitrogens with zero attached hydrogens (tertiary/aromatic N) is 3. The summed E-state index contributed by atoms with van der Waals surface area (Å²) in [6.45, 7) is 3.70. The van der Waals surface area contributed by atoms with Crippen molar-refractivity contribution in [3.05, 3.63) is 33.1 Å². The van der Waals surface area contributed by atoms with E-state index in [1.807, 2.05) is 6.92 Å². The molecule has 0 amide bonds. The van der Waals surface area contributed by atoms with E-state index in [4.69, 9.17) is 0 Å². The third-order valence-corrected chi connectivity index (χ3v) is 6.34. The van der Waals surface area contributed by atoms with Crippen LogP contribution in [0.3, 0.4) is 0 Å². The normalized spacial score (nSPS) is 18.3. The molecule has 1 aliphatic heterocycles. The highest BCUT2D eigenvalue weighted by molar-refractivity contribution is 7.89. The lowest BCUT2D eigenvalue weighted by Crippen LogP contribution is -2.42. The van der Waals surface area contributed by atoms with Gasteiger partial charge < -0.3 is 5.32 Å². The van der Waals surface area contributed by atoms with Gasteiger partial charge >= 0.3 is 5.69 Å². The smallest absolute Gasteiger partial charge is 0.315 e. The molecular formula is C15H21N5O4S. The molecule has 1 fully saturated rings. The van der Waals surface area contributed by atoms with Crippen LogP contribution in [0.4, 0.5) is 0 Å². The zero-order chi connectivity index (χ0) is 18.2. The minimum Gasteiger partial charge on any atom is -0.315 e. The number of rotatable bonds is 5. The predicted molar refractivity (Wildman–Crippen MR) is 93.1 cm³/mol. The van der Waals surface area contributed by atoms with Crippen molar-refractivity contribution in [2.75, 3.05) is 19.6 Å². The van der Waals surface area contributed by atoms with E-state index in [1.54, 1.807) is 0 Å². The fraction of sp³-hybridized carbons (Fsp3) is 0.533. The summed E-state index contributed by atoms with van der Waals surface area (Å²) in [6.07, 6.45) is 2.64. The van der Waals surface area contributed by atoms with E-state index in [0.29, 0.717) is 19.5 Å². The maximum atomic E-state index is 13.1. The summed E-state index contributed by atoms with van der Waals surface area (Å²) in [4.78, 5) is 29.9. The Balaban J connectivity index is 2.13. The summed E-state index contributed by atoms with van der Waals surface area (Å²) in [7, 11) is -2.32. The number of fused-ring (bicyclic) bond motifs is 1. The van der Waals surface area contributed by atoms with Crippen molar-refractivity contribution < 1.29 is 8.42 Å². The Morgan fingerprint density at radius 3 is 2.80 bits per heavy atom. The van der Waals surface area contributed by atoms with Gasteiger partial charge in [0.15, 0.2) is 0 Å². The Kier molecular flexibility index (Phi) is 4.76. The Morgan fingerprint density at radius 2 is 2.16 bits per heavy atom. The van der Waals surface area contributed by atoms with Gasteiger partial charge in [0, 0.05) is 32.4 Å². The highest BCUT2D eigenvalue weighted by atomic mass is 32.2. The van der Waals surface area contributed by atoms with Crippen LogP contribution in [-0.4, -0.2) is 52.9 Å². The maximum absolute atomic E-state index is 13.1. The number of aromatic amines is 1. The highest BCUT2D eigenvalue weighted by Gasteiger charge is 2.33. The van der Waals surface area contributed by atoms with Gasteiger partial charge in [-0.1, -0.05) is 6.92 Å². The van der Waals surface area contributed by atoms with Crippen molar-refractivity contribution in [3.8, 4) is 0 Å². The van der Waals surface area contributed by atoms with E-state index in [2.05, 4.69) is 15.3 Å². The number of hydrogen-bond acceptors (Lipinski definition) is 6. The SMILES string of the molecule is CCCN(C1CCNC1)S(=O)(=O)c1cnc2c(c1)c(=O)[nH]c(=O)n2C. The summed E-state index contributed by atoms with van der Waals surface area (Å²) >= 11 is 0. The van der Waals surface area contributed by atoms with Crippen molar-refractivity contribution in [2.45, 2.75) is 30.7 Å². The number of sulfonamides is 1. The standard InChI is InChI=1S/C15H21N5O4S/c1-3-6-20(10-4-5-16-8-10)25(23,24)11-7-12-13(17-9-11)19(2)15(22)18-14(12)21/h7,9-10,16H,3-6,8H2,1-2H3,(H,18,21,22). The van der Waals surface area contributed by atoms with Crippen LogP contribution in [0.2, 0.25) is 0 Å². The molecule has 0 aliphatic carbocycles. The van der Waals surface area contributed by atoms with Crippen molar-refractivity contribution in [1.82, 2.24) is 24.2 Å². The van der Waals surface area contributed by atoms with Crippen LogP contribution in [0.5, 0.6) is 0 Å². The van der Waals surface area contributed by atoms with E-state index >= 15 is 0 Å². The van der Waals surface area contributed by atoms with E-state index in [0.717, 1.165) is 13.0 Å². The summed E-state index contributed by atoms with van der Waals surface area (Å²) < 4.78 is 28.8. The number of H-pyrrole nitrogens is 1. The molecule has 1 saturated heterocycles. The van der Waals surface area contributed by atoms with Gasteiger partial charge in [-0.2, -0.15) is 4.31 Å². The fourth-order valence-electron chi connectivity index (χ4n) is 3.10. The first-order valence-electron chi connectivity index (χ1n) is 8.18. The monoisotopic (exact) mass is 367 g/mol. The molecule has 0 aromatic carbocycles. The van der Waals surface area contributed by atoms with Crippen molar-refractivity contribution in [3.63, 3.8) is 0 Å². The average molecular weight is 367 g/mol. The Labute approximate surface area is 144 Å². The zero-order valence-electron chi connectivity index (χ0n) is 14.2. The minimum atomic E-state index is -3.79. The first kappa shape index (κ1) is 17.8. The molecule has 0 spiro atoms. The Morgan fingerprint density at radius 1 is 1.40 bits per heavy atom. The van der Waals surface area contributed by atoms with E-state index in [9.17, 15) is 18.0 Å². The van der Waals surface area contributed by atoms with Crippen LogP contribution in [-0.2, 0) is 17.1 Å². The predicted octanol–water partition coefficient (Wildman–Crippen LogP) is -0.616. The largest absolute Gasteiger partial charge is 0.329 e. The first-order chi connectivity index (χ1) is 11.9. The Bertz CT molecular complexity index is 1000. The highest BCUT2D eigenvalue weighted by Crippen LogP contribution is 2.22. The molecule has 10 heteroatoms. The molecule has 3 heterocycles.